The maximum atomic E-state index is 12.0. The molecule has 0 aliphatic rings. The van der Waals surface area contributed by atoms with Crippen molar-refractivity contribution >= 4 is 46.0 Å². The number of rotatable bonds is 5. The van der Waals surface area contributed by atoms with Gasteiger partial charge in [-0.3, -0.25) is 9.59 Å². The maximum Gasteiger partial charge on any atom is 0.252 e. The van der Waals surface area contributed by atoms with Gasteiger partial charge in [0.25, 0.3) is 11.8 Å². The number of benzene rings is 2. The number of hydrogen-bond donors (Lipinski definition) is 2. The van der Waals surface area contributed by atoms with Crippen LogP contribution in [-0.4, -0.2) is 24.9 Å². The van der Waals surface area contributed by atoms with Crippen molar-refractivity contribution in [3.8, 4) is 0 Å². The first-order chi connectivity index (χ1) is 10.6. The third-order valence-electron chi connectivity index (χ3n) is 2.91. The van der Waals surface area contributed by atoms with E-state index in [0.29, 0.717) is 29.2 Å². The van der Waals surface area contributed by atoms with E-state index in [9.17, 15) is 9.59 Å². The van der Waals surface area contributed by atoms with Crippen molar-refractivity contribution in [3.05, 3.63) is 68.3 Å². The van der Waals surface area contributed by atoms with Crippen LogP contribution in [0.25, 0.3) is 0 Å². The number of hydrogen-bond acceptors (Lipinski definition) is 2. The number of carbonyl (C=O) groups excluding carboxylic acids is 2. The highest BCUT2D eigenvalue weighted by Gasteiger charge is 2.10. The van der Waals surface area contributed by atoms with Crippen molar-refractivity contribution in [3.63, 3.8) is 0 Å². The van der Waals surface area contributed by atoms with E-state index in [1.165, 1.54) is 0 Å². The van der Waals surface area contributed by atoms with E-state index < -0.39 is 0 Å². The Balaban J connectivity index is 1.80. The average Bonchev–Trinajstić information content (AvgIpc) is 2.54. The highest BCUT2D eigenvalue weighted by atomic mass is 127. The smallest absolute Gasteiger partial charge is 0.252 e. The topological polar surface area (TPSA) is 58.2 Å². The largest absolute Gasteiger partial charge is 0.350 e. The fourth-order valence-electron chi connectivity index (χ4n) is 1.81. The minimum atomic E-state index is -0.208. The Morgan fingerprint density at radius 1 is 0.955 bits per heavy atom. The van der Waals surface area contributed by atoms with Crippen LogP contribution in [0.3, 0.4) is 0 Å². The molecule has 6 heteroatoms. The number of halogens is 2. The van der Waals surface area contributed by atoms with Crippen LogP contribution in [0.1, 0.15) is 20.7 Å². The van der Waals surface area contributed by atoms with Crippen LogP contribution in [0.2, 0.25) is 5.02 Å². The second-order valence-corrected chi connectivity index (χ2v) is 6.10. The van der Waals surface area contributed by atoms with Crippen LogP contribution in [0.4, 0.5) is 0 Å². The predicted molar refractivity (Wildman–Crippen MR) is 95.3 cm³/mol. The number of nitrogens with one attached hydrogen (secondary N) is 2. The van der Waals surface area contributed by atoms with Gasteiger partial charge in [0, 0.05) is 27.2 Å². The monoisotopic (exact) mass is 428 g/mol. The summed E-state index contributed by atoms with van der Waals surface area (Å²) in [6.45, 7) is 0.705. The molecule has 4 nitrogen and oxygen atoms in total. The molecule has 0 aliphatic carbocycles. The van der Waals surface area contributed by atoms with Gasteiger partial charge in [-0.1, -0.05) is 29.8 Å². The zero-order chi connectivity index (χ0) is 15.9. The third kappa shape index (κ3) is 4.71. The zero-order valence-electron chi connectivity index (χ0n) is 11.6. The first-order valence-electron chi connectivity index (χ1n) is 6.64. The standard InChI is InChI=1S/C16H14ClIN2O2/c17-12-6-7-14(18)13(10-12)16(22)20-9-8-19-15(21)11-4-2-1-3-5-11/h1-7,10H,8-9H2,(H,19,21)(H,20,22). The molecule has 2 rings (SSSR count). The highest BCUT2D eigenvalue weighted by molar-refractivity contribution is 14.1. The molecule has 0 saturated carbocycles. The van der Waals surface area contributed by atoms with Gasteiger partial charge >= 0.3 is 0 Å². The van der Waals surface area contributed by atoms with Gasteiger partial charge in [0.05, 0.1) is 5.56 Å². The molecule has 0 bridgehead atoms. The molecule has 0 radical (unpaired) electrons. The quantitative estimate of drug-likeness (QED) is 0.568. The van der Waals surface area contributed by atoms with Crippen LogP contribution in [-0.2, 0) is 0 Å². The summed E-state index contributed by atoms with van der Waals surface area (Å²) in [5, 5.41) is 6.02. The van der Waals surface area contributed by atoms with Crippen LogP contribution >= 0.6 is 34.2 Å². The van der Waals surface area contributed by atoms with E-state index in [1.807, 2.05) is 6.07 Å². The Bertz CT molecular complexity index is 677. The van der Waals surface area contributed by atoms with E-state index in [2.05, 4.69) is 33.2 Å². The lowest BCUT2D eigenvalue weighted by molar-refractivity contribution is 0.0927. The molecule has 0 unspecified atom stereocenters. The van der Waals surface area contributed by atoms with Crippen LogP contribution < -0.4 is 10.6 Å². The SMILES string of the molecule is O=C(NCCNC(=O)c1cc(Cl)ccc1I)c1ccccc1. The molecule has 2 N–H and O–H groups in total. The molecule has 0 heterocycles. The van der Waals surface area contributed by atoms with Gasteiger partial charge in [0.2, 0.25) is 0 Å². The summed E-state index contributed by atoms with van der Waals surface area (Å²) < 4.78 is 0.827. The molecule has 0 fully saturated rings. The first kappa shape index (κ1) is 16.8. The molecular weight excluding hydrogens is 415 g/mol. The normalized spacial score (nSPS) is 10.1. The molecule has 0 saturated heterocycles. The second kappa shape index (κ2) is 8.14. The third-order valence-corrected chi connectivity index (χ3v) is 4.08. The van der Waals surface area contributed by atoms with Gasteiger partial charge in [0.1, 0.15) is 0 Å². The summed E-state index contributed by atoms with van der Waals surface area (Å²) >= 11 is 7.97. The Morgan fingerprint density at radius 3 is 2.27 bits per heavy atom. The van der Waals surface area contributed by atoms with Gasteiger partial charge in [-0.15, -0.1) is 0 Å². The molecule has 114 valence electrons. The van der Waals surface area contributed by atoms with Crippen molar-refractivity contribution < 1.29 is 9.59 Å². The Labute approximate surface area is 147 Å². The van der Waals surface area contributed by atoms with Gasteiger partial charge in [-0.2, -0.15) is 0 Å². The first-order valence-corrected chi connectivity index (χ1v) is 8.10. The van der Waals surface area contributed by atoms with E-state index in [-0.39, 0.29) is 11.8 Å². The fourth-order valence-corrected chi connectivity index (χ4v) is 2.56. The van der Waals surface area contributed by atoms with Crippen LogP contribution in [0, 0.1) is 3.57 Å². The van der Waals surface area contributed by atoms with Gasteiger partial charge in [0.15, 0.2) is 0 Å². The summed E-state index contributed by atoms with van der Waals surface area (Å²) in [4.78, 5) is 23.9. The fraction of sp³-hybridized carbons (Fsp3) is 0.125. The van der Waals surface area contributed by atoms with Crippen molar-refractivity contribution in [1.82, 2.24) is 10.6 Å². The number of amides is 2. The molecule has 2 amide bonds. The van der Waals surface area contributed by atoms with Crippen molar-refractivity contribution in [2.75, 3.05) is 13.1 Å². The lowest BCUT2D eigenvalue weighted by atomic mass is 10.2. The summed E-state index contributed by atoms with van der Waals surface area (Å²) in [6.07, 6.45) is 0. The molecule has 2 aromatic rings. The highest BCUT2D eigenvalue weighted by Crippen LogP contribution is 2.17. The summed E-state index contributed by atoms with van der Waals surface area (Å²) in [7, 11) is 0. The molecule has 0 spiro atoms. The molecule has 22 heavy (non-hydrogen) atoms. The number of carbonyl (C=O) groups is 2. The lowest BCUT2D eigenvalue weighted by Gasteiger charge is -2.08. The molecule has 0 aliphatic heterocycles. The minimum Gasteiger partial charge on any atom is -0.350 e. The molecule has 2 aromatic carbocycles. The van der Waals surface area contributed by atoms with Gasteiger partial charge < -0.3 is 10.6 Å². The molecular formula is C16H14ClIN2O2. The van der Waals surface area contributed by atoms with E-state index in [4.69, 9.17) is 11.6 Å². The maximum absolute atomic E-state index is 12.0. The Morgan fingerprint density at radius 2 is 1.59 bits per heavy atom. The minimum absolute atomic E-state index is 0.160. The van der Waals surface area contributed by atoms with Crippen molar-refractivity contribution in [2.45, 2.75) is 0 Å². The van der Waals surface area contributed by atoms with Crippen LogP contribution in [0.5, 0.6) is 0 Å². The van der Waals surface area contributed by atoms with Crippen molar-refractivity contribution in [1.29, 1.82) is 0 Å². The van der Waals surface area contributed by atoms with E-state index >= 15 is 0 Å². The predicted octanol–water partition coefficient (Wildman–Crippen LogP) is 3.10. The molecule has 0 atom stereocenters. The Kier molecular flexibility index (Phi) is 6.21. The summed E-state index contributed by atoms with van der Waals surface area (Å²) in [6, 6.07) is 14.1. The zero-order valence-corrected chi connectivity index (χ0v) is 14.5. The summed E-state index contributed by atoms with van der Waals surface area (Å²) in [5.74, 6) is -0.368. The molecule has 0 aromatic heterocycles. The van der Waals surface area contributed by atoms with E-state index in [1.54, 1.807) is 42.5 Å². The lowest BCUT2D eigenvalue weighted by Crippen LogP contribution is -2.34. The average molecular weight is 429 g/mol. The van der Waals surface area contributed by atoms with Gasteiger partial charge in [-0.05, 0) is 52.9 Å². The van der Waals surface area contributed by atoms with Crippen molar-refractivity contribution in [2.24, 2.45) is 0 Å². The Hall–Kier alpha value is -1.60. The van der Waals surface area contributed by atoms with Crippen LogP contribution in [0.15, 0.2) is 48.5 Å². The van der Waals surface area contributed by atoms with E-state index in [0.717, 1.165) is 3.57 Å². The summed E-state index contributed by atoms with van der Waals surface area (Å²) in [5.41, 5.74) is 1.13. The van der Waals surface area contributed by atoms with Gasteiger partial charge in [-0.25, -0.2) is 0 Å². The second-order valence-electron chi connectivity index (χ2n) is 4.50.